The standard InChI is InChI=1S/C14H20FNO/c1-10(6-7-17)9-16-14-5-2-11-8-12(15)3-4-13(11)14/h3-4,8,10,14,16-17H,2,5-7,9H2,1H3. The highest BCUT2D eigenvalue weighted by molar-refractivity contribution is 5.34. The molecule has 0 radical (unpaired) electrons. The predicted molar refractivity (Wildman–Crippen MR) is 66.3 cm³/mol. The van der Waals surface area contributed by atoms with Crippen molar-refractivity contribution in [1.29, 1.82) is 0 Å². The second-order valence-electron chi connectivity index (χ2n) is 4.96. The van der Waals surface area contributed by atoms with Crippen molar-refractivity contribution in [2.24, 2.45) is 5.92 Å². The third-order valence-electron chi connectivity index (χ3n) is 3.52. The summed E-state index contributed by atoms with van der Waals surface area (Å²) in [6, 6.07) is 5.43. The highest BCUT2D eigenvalue weighted by Gasteiger charge is 2.22. The van der Waals surface area contributed by atoms with Gasteiger partial charge in [-0.25, -0.2) is 4.39 Å². The van der Waals surface area contributed by atoms with Crippen LogP contribution in [0.15, 0.2) is 18.2 Å². The first-order valence-electron chi connectivity index (χ1n) is 6.33. The summed E-state index contributed by atoms with van der Waals surface area (Å²) in [5.41, 5.74) is 2.37. The molecule has 2 nitrogen and oxygen atoms in total. The first-order valence-corrected chi connectivity index (χ1v) is 6.33. The van der Waals surface area contributed by atoms with Crippen molar-refractivity contribution in [2.45, 2.75) is 32.2 Å². The molecule has 2 atom stereocenters. The number of nitrogens with one attached hydrogen (secondary N) is 1. The first-order chi connectivity index (χ1) is 8.20. The molecule has 0 fully saturated rings. The van der Waals surface area contributed by atoms with E-state index < -0.39 is 0 Å². The molecule has 0 bridgehead atoms. The number of benzene rings is 1. The van der Waals surface area contributed by atoms with Gasteiger partial charge in [0.05, 0.1) is 0 Å². The summed E-state index contributed by atoms with van der Waals surface area (Å²) < 4.78 is 13.1. The van der Waals surface area contributed by atoms with E-state index in [1.807, 2.05) is 6.07 Å². The van der Waals surface area contributed by atoms with Gasteiger partial charge >= 0.3 is 0 Å². The van der Waals surface area contributed by atoms with E-state index in [0.29, 0.717) is 12.0 Å². The number of aliphatic hydroxyl groups is 1. The number of aryl methyl sites for hydroxylation is 1. The van der Waals surface area contributed by atoms with Crippen LogP contribution in [0.1, 0.15) is 36.9 Å². The van der Waals surface area contributed by atoms with E-state index in [2.05, 4.69) is 12.2 Å². The van der Waals surface area contributed by atoms with Crippen LogP contribution in [0.25, 0.3) is 0 Å². The van der Waals surface area contributed by atoms with Gasteiger partial charge in [-0.15, -0.1) is 0 Å². The lowest BCUT2D eigenvalue weighted by Gasteiger charge is -2.17. The fourth-order valence-electron chi connectivity index (χ4n) is 2.46. The molecule has 1 aromatic rings. The topological polar surface area (TPSA) is 32.3 Å². The minimum absolute atomic E-state index is 0.141. The van der Waals surface area contributed by atoms with Crippen LogP contribution in [0.5, 0.6) is 0 Å². The maximum Gasteiger partial charge on any atom is 0.123 e. The van der Waals surface area contributed by atoms with E-state index in [1.165, 1.54) is 11.6 Å². The molecule has 2 unspecified atom stereocenters. The summed E-state index contributed by atoms with van der Waals surface area (Å²) in [5, 5.41) is 12.4. The highest BCUT2D eigenvalue weighted by atomic mass is 19.1. The smallest absolute Gasteiger partial charge is 0.123 e. The summed E-state index contributed by atoms with van der Waals surface area (Å²) in [6.07, 6.45) is 2.83. The number of rotatable bonds is 5. The Balaban J connectivity index is 1.93. The summed E-state index contributed by atoms with van der Waals surface area (Å²) in [4.78, 5) is 0. The second kappa shape index (κ2) is 5.61. The van der Waals surface area contributed by atoms with Gasteiger partial charge in [-0.05, 0) is 55.0 Å². The molecule has 94 valence electrons. The Hall–Kier alpha value is -0.930. The molecule has 17 heavy (non-hydrogen) atoms. The van der Waals surface area contributed by atoms with E-state index in [0.717, 1.165) is 31.4 Å². The van der Waals surface area contributed by atoms with Crippen LogP contribution < -0.4 is 5.32 Å². The molecule has 0 aromatic heterocycles. The molecule has 0 heterocycles. The van der Waals surface area contributed by atoms with Gasteiger partial charge < -0.3 is 10.4 Å². The molecule has 2 rings (SSSR count). The van der Waals surface area contributed by atoms with Crippen LogP contribution >= 0.6 is 0 Å². The fraction of sp³-hybridized carbons (Fsp3) is 0.571. The molecule has 0 aliphatic heterocycles. The second-order valence-corrected chi connectivity index (χ2v) is 4.96. The van der Waals surface area contributed by atoms with E-state index in [9.17, 15) is 4.39 Å². The number of aliphatic hydroxyl groups excluding tert-OH is 1. The summed E-state index contributed by atoms with van der Waals surface area (Å²) in [7, 11) is 0. The Morgan fingerprint density at radius 2 is 2.35 bits per heavy atom. The first kappa shape index (κ1) is 12.5. The molecule has 1 aromatic carbocycles. The van der Waals surface area contributed by atoms with E-state index in [1.54, 1.807) is 6.07 Å². The maximum absolute atomic E-state index is 13.1. The van der Waals surface area contributed by atoms with Crippen LogP contribution in [0.3, 0.4) is 0 Å². The summed E-state index contributed by atoms with van der Waals surface area (Å²) in [6.45, 7) is 3.28. The molecule has 1 aliphatic rings. The van der Waals surface area contributed by atoms with Crippen molar-refractivity contribution in [3.8, 4) is 0 Å². The Kier molecular flexibility index (Phi) is 4.13. The summed E-state index contributed by atoms with van der Waals surface area (Å²) >= 11 is 0. The highest BCUT2D eigenvalue weighted by Crippen LogP contribution is 2.31. The van der Waals surface area contributed by atoms with Crippen LogP contribution in [-0.2, 0) is 6.42 Å². The zero-order valence-corrected chi connectivity index (χ0v) is 10.2. The van der Waals surface area contributed by atoms with Gasteiger partial charge in [0, 0.05) is 12.6 Å². The lowest BCUT2D eigenvalue weighted by atomic mass is 10.1. The molecule has 1 aliphatic carbocycles. The molecule has 0 saturated heterocycles. The molecule has 2 N–H and O–H groups in total. The molecule has 0 saturated carbocycles. The van der Waals surface area contributed by atoms with E-state index in [4.69, 9.17) is 5.11 Å². The van der Waals surface area contributed by atoms with Crippen molar-refractivity contribution in [3.63, 3.8) is 0 Å². The minimum atomic E-state index is -0.141. The monoisotopic (exact) mass is 237 g/mol. The Bertz CT molecular complexity index is 380. The SMILES string of the molecule is CC(CCO)CNC1CCc2cc(F)ccc21. The average molecular weight is 237 g/mol. The molecular formula is C14H20FNO. The van der Waals surface area contributed by atoms with E-state index >= 15 is 0 Å². The maximum atomic E-state index is 13.1. The molecular weight excluding hydrogens is 217 g/mol. The van der Waals surface area contributed by atoms with Gasteiger partial charge in [0.2, 0.25) is 0 Å². The van der Waals surface area contributed by atoms with E-state index in [-0.39, 0.29) is 12.4 Å². The normalized spacial score (nSPS) is 20.3. The van der Waals surface area contributed by atoms with Gasteiger partial charge in [0.1, 0.15) is 5.82 Å². The number of halogens is 1. The molecule has 0 spiro atoms. The third-order valence-corrected chi connectivity index (χ3v) is 3.52. The lowest BCUT2D eigenvalue weighted by Crippen LogP contribution is -2.25. The van der Waals surface area contributed by atoms with Crippen molar-refractivity contribution < 1.29 is 9.50 Å². The third kappa shape index (κ3) is 3.05. The van der Waals surface area contributed by atoms with Gasteiger partial charge in [0.15, 0.2) is 0 Å². The minimum Gasteiger partial charge on any atom is -0.396 e. The van der Waals surface area contributed by atoms with Gasteiger partial charge in [-0.3, -0.25) is 0 Å². The van der Waals surface area contributed by atoms with Crippen molar-refractivity contribution >= 4 is 0 Å². The van der Waals surface area contributed by atoms with Crippen LogP contribution in [0, 0.1) is 11.7 Å². The van der Waals surface area contributed by atoms with Crippen LogP contribution in [-0.4, -0.2) is 18.3 Å². The van der Waals surface area contributed by atoms with Crippen molar-refractivity contribution in [2.75, 3.05) is 13.2 Å². The predicted octanol–water partition coefficient (Wildman–Crippen LogP) is 2.42. The van der Waals surface area contributed by atoms with Gasteiger partial charge in [0.25, 0.3) is 0 Å². The molecule has 0 amide bonds. The number of hydrogen-bond donors (Lipinski definition) is 2. The Morgan fingerprint density at radius 3 is 3.12 bits per heavy atom. The Morgan fingerprint density at radius 1 is 1.53 bits per heavy atom. The zero-order chi connectivity index (χ0) is 12.3. The lowest BCUT2D eigenvalue weighted by molar-refractivity contribution is 0.257. The van der Waals surface area contributed by atoms with Crippen molar-refractivity contribution in [3.05, 3.63) is 35.1 Å². The van der Waals surface area contributed by atoms with Crippen LogP contribution in [0.2, 0.25) is 0 Å². The quantitative estimate of drug-likeness (QED) is 0.824. The van der Waals surface area contributed by atoms with Crippen molar-refractivity contribution in [1.82, 2.24) is 5.32 Å². The molecule has 3 heteroatoms. The average Bonchev–Trinajstić information content (AvgIpc) is 2.69. The number of hydrogen-bond acceptors (Lipinski definition) is 2. The fourth-order valence-corrected chi connectivity index (χ4v) is 2.46. The number of fused-ring (bicyclic) bond motifs is 1. The summed E-state index contributed by atoms with van der Waals surface area (Å²) in [5.74, 6) is 0.336. The van der Waals surface area contributed by atoms with Gasteiger partial charge in [-0.2, -0.15) is 0 Å². The van der Waals surface area contributed by atoms with Crippen LogP contribution in [0.4, 0.5) is 4.39 Å². The Labute approximate surface area is 102 Å². The van der Waals surface area contributed by atoms with Gasteiger partial charge in [-0.1, -0.05) is 13.0 Å². The largest absolute Gasteiger partial charge is 0.396 e. The zero-order valence-electron chi connectivity index (χ0n) is 10.2.